The molecule has 0 aliphatic carbocycles. The number of carbonyl (C=O) groups excluding carboxylic acids is 1. The predicted molar refractivity (Wildman–Crippen MR) is 84.5 cm³/mol. The van der Waals surface area contributed by atoms with Crippen molar-refractivity contribution >= 4 is 5.91 Å². The molecular weight excluding hydrogens is 264 g/mol. The second-order valence-corrected chi connectivity index (χ2v) is 6.22. The van der Waals surface area contributed by atoms with Gasteiger partial charge in [0, 0.05) is 30.7 Å². The summed E-state index contributed by atoms with van der Waals surface area (Å²) in [7, 11) is 0. The second kappa shape index (κ2) is 6.94. The molecule has 1 N–H and O–H groups in total. The average molecular weight is 290 g/mol. The normalized spacial score (nSPS) is 22.4. The van der Waals surface area contributed by atoms with Crippen molar-refractivity contribution in [2.45, 2.75) is 52.3 Å². The third-order valence-electron chi connectivity index (χ3n) is 3.59. The summed E-state index contributed by atoms with van der Waals surface area (Å²) in [6.45, 7) is 9.78. The van der Waals surface area contributed by atoms with Gasteiger partial charge < -0.3 is 15.0 Å². The first-order valence-corrected chi connectivity index (χ1v) is 7.74. The Labute approximate surface area is 127 Å². The highest BCUT2D eigenvalue weighted by Gasteiger charge is 2.25. The number of rotatable bonds is 4. The number of hydrogen-bond donors (Lipinski definition) is 1. The fourth-order valence-electron chi connectivity index (χ4n) is 2.82. The summed E-state index contributed by atoms with van der Waals surface area (Å²) in [6.07, 6.45) is 0.517. The summed E-state index contributed by atoms with van der Waals surface area (Å²) in [4.78, 5) is 14.5. The summed E-state index contributed by atoms with van der Waals surface area (Å²) in [5, 5.41) is 3.45. The zero-order valence-electron chi connectivity index (χ0n) is 13.4. The Morgan fingerprint density at radius 2 is 1.90 bits per heavy atom. The number of benzene rings is 1. The van der Waals surface area contributed by atoms with Gasteiger partial charge in [0.1, 0.15) is 5.75 Å². The fraction of sp³-hybridized carbons (Fsp3) is 0.588. The number of carbonyl (C=O) groups is 1. The van der Waals surface area contributed by atoms with Gasteiger partial charge in [0.15, 0.2) is 0 Å². The Morgan fingerprint density at radius 3 is 2.52 bits per heavy atom. The summed E-state index contributed by atoms with van der Waals surface area (Å²) in [5.74, 6) is 0.993. The highest BCUT2D eigenvalue weighted by Crippen LogP contribution is 2.21. The van der Waals surface area contributed by atoms with E-state index >= 15 is 0 Å². The van der Waals surface area contributed by atoms with Gasteiger partial charge in [0.05, 0.1) is 12.5 Å². The van der Waals surface area contributed by atoms with Crippen molar-refractivity contribution in [1.29, 1.82) is 0 Å². The first-order chi connectivity index (χ1) is 9.95. The molecule has 0 unspecified atom stereocenters. The Balaban J connectivity index is 2.05. The van der Waals surface area contributed by atoms with Crippen molar-refractivity contribution in [2.75, 3.05) is 13.1 Å². The van der Waals surface area contributed by atoms with Gasteiger partial charge in [-0.05, 0) is 33.8 Å². The number of para-hydroxylation sites is 1. The molecule has 1 aromatic carbocycles. The standard InChI is InChI=1S/C17H26N2O2/c1-12(2)21-16-8-6-5-7-15(16)9-17(20)19-10-13(3)18-14(4)11-19/h5-8,12-14,18H,9-11H2,1-4H3/t13-,14-/m0/s1. The first-order valence-electron chi connectivity index (χ1n) is 7.74. The molecule has 1 amide bonds. The third-order valence-corrected chi connectivity index (χ3v) is 3.59. The molecule has 0 aromatic heterocycles. The lowest BCUT2D eigenvalue weighted by molar-refractivity contribution is -0.132. The maximum Gasteiger partial charge on any atom is 0.227 e. The fourth-order valence-corrected chi connectivity index (χ4v) is 2.82. The minimum Gasteiger partial charge on any atom is -0.491 e. The molecule has 1 aromatic rings. The van der Waals surface area contributed by atoms with E-state index < -0.39 is 0 Å². The molecule has 116 valence electrons. The van der Waals surface area contributed by atoms with Crippen LogP contribution in [0.15, 0.2) is 24.3 Å². The summed E-state index contributed by atoms with van der Waals surface area (Å²) in [6, 6.07) is 8.51. The van der Waals surface area contributed by atoms with Crippen LogP contribution in [-0.2, 0) is 11.2 Å². The van der Waals surface area contributed by atoms with Crippen LogP contribution in [0.2, 0.25) is 0 Å². The summed E-state index contributed by atoms with van der Waals surface area (Å²) < 4.78 is 5.79. The molecule has 0 saturated carbocycles. The van der Waals surface area contributed by atoms with Crippen LogP contribution in [-0.4, -0.2) is 42.1 Å². The van der Waals surface area contributed by atoms with E-state index in [0.717, 1.165) is 24.4 Å². The SMILES string of the molecule is CC(C)Oc1ccccc1CC(=O)N1C[C@H](C)N[C@@H](C)C1. The molecule has 1 aliphatic rings. The number of piperazine rings is 1. The highest BCUT2D eigenvalue weighted by atomic mass is 16.5. The summed E-state index contributed by atoms with van der Waals surface area (Å²) in [5.41, 5.74) is 0.968. The average Bonchev–Trinajstić information content (AvgIpc) is 2.39. The van der Waals surface area contributed by atoms with E-state index in [-0.39, 0.29) is 12.0 Å². The van der Waals surface area contributed by atoms with Crippen LogP contribution in [0.1, 0.15) is 33.3 Å². The number of ether oxygens (including phenoxy) is 1. The van der Waals surface area contributed by atoms with Crippen molar-refractivity contribution in [3.05, 3.63) is 29.8 Å². The second-order valence-electron chi connectivity index (χ2n) is 6.22. The lowest BCUT2D eigenvalue weighted by atomic mass is 10.1. The van der Waals surface area contributed by atoms with Gasteiger partial charge >= 0.3 is 0 Å². The highest BCUT2D eigenvalue weighted by molar-refractivity contribution is 5.79. The van der Waals surface area contributed by atoms with Gasteiger partial charge in [-0.25, -0.2) is 0 Å². The van der Waals surface area contributed by atoms with Crippen molar-refractivity contribution < 1.29 is 9.53 Å². The Hall–Kier alpha value is -1.55. The quantitative estimate of drug-likeness (QED) is 0.924. The van der Waals surface area contributed by atoms with Crippen molar-refractivity contribution in [3.8, 4) is 5.75 Å². The van der Waals surface area contributed by atoms with E-state index in [1.807, 2.05) is 43.0 Å². The maximum atomic E-state index is 12.5. The van der Waals surface area contributed by atoms with Gasteiger partial charge in [-0.2, -0.15) is 0 Å². The van der Waals surface area contributed by atoms with Gasteiger partial charge in [-0.1, -0.05) is 18.2 Å². The Bertz CT molecular complexity index is 477. The van der Waals surface area contributed by atoms with E-state index in [1.54, 1.807) is 0 Å². The molecule has 0 radical (unpaired) electrons. The number of hydrogen-bond acceptors (Lipinski definition) is 3. The molecule has 1 fully saturated rings. The van der Waals surface area contributed by atoms with Crippen LogP contribution in [0.25, 0.3) is 0 Å². The molecule has 21 heavy (non-hydrogen) atoms. The third kappa shape index (κ3) is 4.46. The topological polar surface area (TPSA) is 41.6 Å². The molecule has 4 nitrogen and oxygen atoms in total. The van der Waals surface area contributed by atoms with Gasteiger partial charge in [-0.3, -0.25) is 4.79 Å². The van der Waals surface area contributed by atoms with Crippen LogP contribution in [0.4, 0.5) is 0 Å². The predicted octanol–water partition coefficient (Wildman–Crippen LogP) is 2.23. The molecule has 0 spiro atoms. The minimum atomic E-state index is 0.112. The zero-order chi connectivity index (χ0) is 15.4. The van der Waals surface area contributed by atoms with Crippen LogP contribution >= 0.6 is 0 Å². The molecule has 4 heteroatoms. The largest absolute Gasteiger partial charge is 0.491 e. The van der Waals surface area contributed by atoms with Gasteiger partial charge in [0.25, 0.3) is 0 Å². The van der Waals surface area contributed by atoms with E-state index in [1.165, 1.54) is 0 Å². The number of nitrogens with zero attached hydrogens (tertiary/aromatic N) is 1. The number of nitrogens with one attached hydrogen (secondary N) is 1. The molecule has 2 atom stereocenters. The summed E-state index contributed by atoms with van der Waals surface area (Å²) >= 11 is 0. The molecule has 1 heterocycles. The van der Waals surface area contributed by atoms with Crippen LogP contribution in [0, 0.1) is 0 Å². The molecular formula is C17H26N2O2. The Kier molecular flexibility index (Phi) is 5.23. The lowest BCUT2D eigenvalue weighted by Gasteiger charge is -2.36. The van der Waals surface area contributed by atoms with E-state index in [0.29, 0.717) is 18.5 Å². The van der Waals surface area contributed by atoms with Crippen LogP contribution in [0.5, 0.6) is 5.75 Å². The van der Waals surface area contributed by atoms with Crippen molar-refractivity contribution in [2.24, 2.45) is 0 Å². The smallest absolute Gasteiger partial charge is 0.227 e. The number of amides is 1. The zero-order valence-corrected chi connectivity index (χ0v) is 13.4. The monoisotopic (exact) mass is 290 g/mol. The van der Waals surface area contributed by atoms with Crippen molar-refractivity contribution in [3.63, 3.8) is 0 Å². The van der Waals surface area contributed by atoms with E-state index in [2.05, 4.69) is 19.2 Å². The van der Waals surface area contributed by atoms with Crippen LogP contribution < -0.4 is 10.1 Å². The maximum absolute atomic E-state index is 12.5. The van der Waals surface area contributed by atoms with Crippen LogP contribution in [0.3, 0.4) is 0 Å². The van der Waals surface area contributed by atoms with Gasteiger partial charge in [0.2, 0.25) is 5.91 Å². The molecule has 2 rings (SSSR count). The van der Waals surface area contributed by atoms with Crippen molar-refractivity contribution in [1.82, 2.24) is 10.2 Å². The lowest BCUT2D eigenvalue weighted by Crippen LogP contribution is -2.56. The molecule has 1 saturated heterocycles. The molecule has 0 bridgehead atoms. The Morgan fingerprint density at radius 1 is 1.29 bits per heavy atom. The van der Waals surface area contributed by atoms with E-state index in [9.17, 15) is 4.79 Å². The molecule has 1 aliphatic heterocycles. The minimum absolute atomic E-state index is 0.112. The van der Waals surface area contributed by atoms with E-state index in [4.69, 9.17) is 4.74 Å². The first kappa shape index (κ1) is 15.8. The van der Waals surface area contributed by atoms with Gasteiger partial charge in [-0.15, -0.1) is 0 Å².